The number of carbonyl (C=O) groups excluding carboxylic acids is 1. The zero-order chi connectivity index (χ0) is 18.9. The van der Waals surface area contributed by atoms with Crippen molar-refractivity contribution >= 4 is 17.7 Å². The van der Waals surface area contributed by atoms with Gasteiger partial charge >= 0.3 is 0 Å². The van der Waals surface area contributed by atoms with E-state index in [4.69, 9.17) is 4.74 Å². The van der Waals surface area contributed by atoms with Gasteiger partial charge in [0, 0.05) is 29.2 Å². The Labute approximate surface area is 157 Å². The van der Waals surface area contributed by atoms with Crippen LogP contribution in [0.1, 0.15) is 11.1 Å². The minimum atomic E-state index is -0.467. The third-order valence-corrected chi connectivity index (χ3v) is 3.73. The zero-order valence-corrected chi connectivity index (χ0v) is 14.5. The van der Waals surface area contributed by atoms with Crippen LogP contribution in [0.15, 0.2) is 84.7 Å². The highest BCUT2D eigenvalue weighted by atomic mass is 16.5. The van der Waals surface area contributed by atoms with Crippen LogP contribution in [-0.4, -0.2) is 10.9 Å². The van der Waals surface area contributed by atoms with Crippen LogP contribution in [0.4, 0.5) is 5.69 Å². The van der Waals surface area contributed by atoms with Crippen molar-refractivity contribution in [1.29, 1.82) is 5.26 Å². The Morgan fingerprint density at radius 3 is 2.59 bits per heavy atom. The fourth-order valence-electron chi connectivity index (χ4n) is 2.40. The fraction of sp³-hybridized carbons (Fsp3) is 0.0455. The molecule has 0 aliphatic carbocycles. The highest BCUT2D eigenvalue weighted by molar-refractivity contribution is 6.09. The maximum atomic E-state index is 12.4. The maximum absolute atomic E-state index is 12.4. The van der Waals surface area contributed by atoms with Crippen LogP contribution in [-0.2, 0) is 11.4 Å². The zero-order valence-electron chi connectivity index (χ0n) is 14.5. The Morgan fingerprint density at radius 2 is 1.85 bits per heavy atom. The summed E-state index contributed by atoms with van der Waals surface area (Å²) in [6, 6.07) is 22.0. The van der Waals surface area contributed by atoms with Crippen molar-refractivity contribution in [2.24, 2.45) is 0 Å². The number of aromatic nitrogens is 1. The lowest BCUT2D eigenvalue weighted by Gasteiger charge is -2.10. The molecule has 0 aliphatic heterocycles. The minimum absolute atomic E-state index is 0.00344. The highest BCUT2D eigenvalue weighted by Gasteiger charge is 2.11. The van der Waals surface area contributed by atoms with Gasteiger partial charge in [0.2, 0.25) is 0 Å². The Bertz CT molecular complexity index is 977. The molecule has 132 valence electrons. The van der Waals surface area contributed by atoms with Gasteiger partial charge in [-0.15, -0.1) is 0 Å². The van der Waals surface area contributed by atoms with E-state index >= 15 is 0 Å². The summed E-state index contributed by atoms with van der Waals surface area (Å²) in [5.74, 6) is 0.118. The van der Waals surface area contributed by atoms with Crippen molar-refractivity contribution in [2.45, 2.75) is 6.61 Å². The molecule has 2 aromatic carbocycles. The molecule has 1 heterocycles. The molecule has 5 heteroatoms. The molecule has 3 rings (SSSR count). The first-order chi connectivity index (χ1) is 13.3. The van der Waals surface area contributed by atoms with Gasteiger partial charge in [0.25, 0.3) is 5.91 Å². The largest absolute Gasteiger partial charge is 0.488 e. The number of para-hydroxylation sites is 2. The normalized spacial score (nSPS) is 10.7. The number of amides is 1. The summed E-state index contributed by atoms with van der Waals surface area (Å²) in [4.78, 5) is 16.4. The standard InChI is InChI=1S/C22H17N3O2/c23-14-19(22(26)25-20-9-2-1-3-10-20)13-18-8-4-5-11-21(18)27-16-17-7-6-12-24-15-17/h1-13,15H,16H2,(H,25,26)/b19-13-. The second-order valence-corrected chi connectivity index (χ2v) is 5.68. The molecule has 27 heavy (non-hydrogen) atoms. The molecule has 3 aromatic rings. The quantitative estimate of drug-likeness (QED) is 0.531. The van der Waals surface area contributed by atoms with Crippen LogP contribution in [0.3, 0.4) is 0 Å². The molecule has 0 bridgehead atoms. The second kappa shape index (κ2) is 8.97. The second-order valence-electron chi connectivity index (χ2n) is 5.68. The number of rotatable bonds is 6. The Hall–Kier alpha value is -3.91. The molecule has 0 aliphatic rings. The first-order valence-electron chi connectivity index (χ1n) is 8.35. The maximum Gasteiger partial charge on any atom is 0.266 e. The van der Waals surface area contributed by atoms with Crippen LogP contribution in [0, 0.1) is 11.3 Å². The molecule has 0 radical (unpaired) electrons. The van der Waals surface area contributed by atoms with E-state index in [1.165, 1.54) is 6.08 Å². The molecule has 1 aromatic heterocycles. The topological polar surface area (TPSA) is 75.0 Å². The summed E-state index contributed by atoms with van der Waals surface area (Å²) in [5.41, 5.74) is 2.21. The molecule has 0 saturated heterocycles. The van der Waals surface area contributed by atoms with Gasteiger partial charge in [-0.25, -0.2) is 0 Å². The number of nitrogens with one attached hydrogen (secondary N) is 1. The number of nitriles is 1. The van der Waals surface area contributed by atoms with E-state index in [2.05, 4.69) is 10.3 Å². The van der Waals surface area contributed by atoms with Gasteiger partial charge < -0.3 is 10.1 Å². The third-order valence-electron chi connectivity index (χ3n) is 3.73. The van der Waals surface area contributed by atoms with Crippen molar-refractivity contribution in [1.82, 2.24) is 4.98 Å². The number of ether oxygens (including phenoxy) is 1. The van der Waals surface area contributed by atoms with Crippen molar-refractivity contribution < 1.29 is 9.53 Å². The summed E-state index contributed by atoms with van der Waals surface area (Å²) in [5, 5.41) is 12.1. The molecule has 1 N–H and O–H groups in total. The third kappa shape index (κ3) is 5.03. The monoisotopic (exact) mass is 355 g/mol. The molecule has 0 unspecified atom stereocenters. The number of carbonyl (C=O) groups is 1. The van der Waals surface area contributed by atoms with E-state index in [1.807, 2.05) is 48.5 Å². The van der Waals surface area contributed by atoms with E-state index in [0.717, 1.165) is 5.56 Å². The number of pyridine rings is 1. The van der Waals surface area contributed by atoms with Gasteiger partial charge in [-0.05, 0) is 30.3 Å². The van der Waals surface area contributed by atoms with Crippen molar-refractivity contribution in [2.75, 3.05) is 5.32 Å². The SMILES string of the molecule is N#C/C(=C/c1ccccc1OCc1cccnc1)C(=O)Nc1ccccc1. The predicted octanol–water partition coefficient (Wildman–Crippen LogP) is 4.21. The number of anilines is 1. The van der Waals surface area contributed by atoms with Gasteiger partial charge in [-0.1, -0.05) is 42.5 Å². The average molecular weight is 355 g/mol. The van der Waals surface area contributed by atoms with E-state index in [1.54, 1.807) is 36.7 Å². The van der Waals surface area contributed by atoms with Gasteiger partial charge in [0.1, 0.15) is 24.0 Å². The number of hydrogen-bond acceptors (Lipinski definition) is 4. The van der Waals surface area contributed by atoms with Crippen LogP contribution in [0.25, 0.3) is 6.08 Å². The van der Waals surface area contributed by atoms with Crippen molar-refractivity contribution in [3.05, 3.63) is 95.8 Å². The van der Waals surface area contributed by atoms with E-state index < -0.39 is 5.91 Å². The summed E-state index contributed by atoms with van der Waals surface area (Å²) in [7, 11) is 0. The molecular formula is C22H17N3O2. The number of benzene rings is 2. The summed E-state index contributed by atoms with van der Waals surface area (Å²) < 4.78 is 5.84. The molecule has 0 spiro atoms. The van der Waals surface area contributed by atoms with Crippen molar-refractivity contribution in [3.8, 4) is 11.8 Å². The Balaban J connectivity index is 1.78. The molecular weight excluding hydrogens is 338 g/mol. The fourth-order valence-corrected chi connectivity index (χ4v) is 2.40. The van der Waals surface area contributed by atoms with Crippen LogP contribution in [0.5, 0.6) is 5.75 Å². The first kappa shape index (κ1) is 17.9. The summed E-state index contributed by atoms with van der Waals surface area (Å²) >= 11 is 0. The van der Waals surface area contributed by atoms with Crippen LogP contribution in [0.2, 0.25) is 0 Å². The molecule has 1 amide bonds. The summed E-state index contributed by atoms with van der Waals surface area (Å²) in [6.07, 6.45) is 4.95. The summed E-state index contributed by atoms with van der Waals surface area (Å²) in [6.45, 7) is 0.344. The minimum Gasteiger partial charge on any atom is -0.488 e. The van der Waals surface area contributed by atoms with E-state index in [0.29, 0.717) is 23.6 Å². The van der Waals surface area contributed by atoms with Crippen molar-refractivity contribution in [3.63, 3.8) is 0 Å². The predicted molar refractivity (Wildman–Crippen MR) is 104 cm³/mol. The molecule has 5 nitrogen and oxygen atoms in total. The van der Waals surface area contributed by atoms with Gasteiger partial charge in [0.05, 0.1) is 0 Å². The smallest absolute Gasteiger partial charge is 0.266 e. The van der Waals surface area contributed by atoms with Crippen LogP contribution >= 0.6 is 0 Å². The lowest BCUT2D eigenvalue weighted by Crippen LogP contribution is -2.13. The van der Waals surface area contributed by atoms with Crippen LogP contribution < -0.4 is 10.1 Å². The lowest BCUT2D eigenvalue weighted by molar-refractivity contribution is -0.112. The van der Waals surface area contributed by atoms with Gasteiger partial charge in [-0.2, -0.15) is 5.26 Å². The van der Waals surface area contributed by atoms with Gasteiger partial charge in [0.15, 0.2) is 0 Å². The Kier molecular flexibility index (Phi) is 5.95. The Morgan fingerprint density at radius 1 is 1.07 bits per heavy atom. The molecule has 0 atom stereocenters. The molecule has 0 saturated carbocycles. The average Bonchev–Trinajstić information content (AvgIpc) is 2.72. The number of nitrogens with zero attached hydrogens (tertiary/aromatic N) is 2. The molecule has 0 fully saturated rings. The number of hydrogen-bond donors (Lipinski definition) is 1. The lowest BCUT2D eigenvalue weighted by atomic mass is 10.1. The van der Waals surface area contributed by atoms with E-state index in [9.17, 15) is 10.1 Å². The highest BCUT2D eigenvalue weighted by Crippen LogP contribution is 2.22. The first-order valence-corrected chi connectivity index (χ1v) is 8.35. The van der Waals surface area contributed by atoms with Gasteiger partial charge in [-0.3, -0.25) is 9.78 Å². The van der Waals surface area contributed by atoms with E-state index in [-0.39, 0.29) is 5.57 Å².